The molecule has 3 fully saturated rings. The number of halogens is 4. The highest BCUT2D eigenvalue weighted by Gasteiger charge is 2.53. The Morgan fingerprint density at radius 2 is 1.77 bits per heavy atom. The summed E-state index contributed by atoms with van der Waals surface area (Å²) in [7, 11) is -4.24. The molecule has 4 amide bonds. The molecule has 2 aliphatic heterocycles. The molecular formula is C25H36F4N4O6S. The average molecular weight is 597 g/mol. The van der Waals surface area contributed by atoms with Crippen LogP contribution < -0.4 is 16.0 Å². The van der Waals surface area contributed by atoms with E-state index >= 15 is 0 Å². The number of nitrogens with zero attached hydrogens (tertiary/aromatic N) is 1. The molecule has 0 aromatic heterocycles. The molecule has 226 valence electrons. The van der Waals surface area contributed by atoms with Gasteiger partial charge in [-0.2, -0.15) is 17.6 Å². The number of carbonyl (C=O) groups is 4. The van der Waals surface area contributed by atoms with E-state index in [1.165, 1.54) is 25.7 Å². The van der Waals surface area contributed by atoms with Crippen LogP contribution in [0, 0.1) is 23.2 Å². The molecule has 6 atom stereocenters. The molecule has 3 N–H and O–H groups in total. The van der Waals surface area contributed by atoms with Gasteiger partial charge in [0.15, 0.2) is 0 Å². The molecule has 15 heteroatoms. The number of fused-ring (bicyclic) bond motifs is 1. The second kappa shape index (κ2) is 11.6. The maximum atomic E-state index is 14.5. The fourth-order valence-corrected chi connectivity index (χ4v) is 6.20. The van der Waals surface area contributed by atoms with Crippen molar-refractivity contribution in [2.45, 2.75) is 77.2 Å². The first-order chi connectivity index (χ1) is 18.3. The summed E-state index contributed by atoms with van der Waals surface area (Å²) in [6.45, 7) is 4.91. The number of nitrogens with one attached hydrogen (secondary N) is 3. The smallest absolute Gasteiger partial charge is 0.356 e. The maximum Gasteiger partial charge on any atom is 0.471 e. The maximum absolute atomic E-state index is 14.5. The fraction of sp³-hybridized carbons (Fsp3) is 0.760. The number of alkyl halides is 3. The van der Waals surface area contributed by atoms with E-state index in [2.05, 4.69) is 10.6 Å². The van der Waals surface area contributed by atoms with Crippen molar-refractivity contribution in [2.24, 2.45) is 23.2 Å². The van der Waals surface area contributed by atoms with Crippen molar-refractivity contribution in [3.05, 3.63) is 11.2 Å². The van der Waals surface area contributed by atoms with Crippen LogP contribution in [0.5, 0.6) is 0 Å². The van der Waals surface area contributed by atoms with E-state index in [9.17, 15) is 45.2 Å². The lowest BCUT2D eigenvalue weighted by atomic mass is 9.85. The van der Waals surface area contributed by atoms with Crippen LogP contribution in [0.15, 0.2) is 11.2 Å². The largest absolute Gasteiger partial charge is 0.471 e. The normalized spacial score (nSPS) is 27.1. The molecule has 10 nitrogen and oxygen atoms in total. The van der Waals surface area contributed by atoms with Gasteiger partial charge in [-0.1, -0.05) is 27.2 Å². The Morgan fingerprint density at radius 3 is 2.30 bits per heavy atom. The Balaban J connectivity index is 1.91. The van der Waals surface area contributed by atoms with E-state index in [0.717, 1.165) is 6.42 Å². The molecule has 0 radical (unpaired) electrons. The minimum absolute atomic E-state index is 0.0826. The van der Waals surface area contributed by atoms with E-state index in [4.69, 9.17) is 0 Å². The zero-order chi connectivity index (χ0) is 30.2. The summed E-state index contributed by atoms with van der Waals surface area (Å²) in [6.07, 6.45) is -1.55. The van der Waals surface area contributed by atoms with Crippen LogP contribution in [-0.2, 0) is 29.0 Å². The second-order valence-electron chi connectivity index (χ2n) is 11.9. The zero-order valence-corrected chi connectivity index (χ0v) is 23.6. The molecule has 0 aromatic rings. The van der Waals surface area contributed by atoms with E-state index in [1.54, 1.807) is 5.32 Å². The van der Waals surface area contributed by atoms with Gasteiger partial charge in [-0.05, 0) is 49.0 Å². The van der Waals surface area contributed by atoms with Crippen molar-refractivity contribution in [3.63, 3.8) is 0 Å². The summed E-state index contributed by atoms with van der Waals surface area (Å²) in [5, 5.41) is 5.50. The molecule has 0 bridgehead atoms. The summed E-state index contributed by atoms with van der Waals surface area (Å²) in [5.41, 5.74) is -1.14. The number of likely N-dealkylation sites (tertiary alicyclic amines) is 1. The SMILES string of the molecule is CC(C)(C)[C@@H](NC(=O)C(F)(F)F)C(=O)N1C[C@@H]2CCC[C@@H]2[C@H]1C(=O)N[C@H](/C=C(\F)S(C)(=O)=O)C[C@H]1CCNC1=O. The molecular weight excluding hydrogens is 560 g/mol. The quantitative estimate of drug-likeness (QED) is 0.364. The lowest BCUT2D eigenvalue weighted by Gasteiger charge is -2.36. The average Bonchev–Trinajstić information content (AvgIpc) is 3.50. The lowest BCUT2D eigenvalue weighted by molar-refractivity contribution is -0.176. The van der Waals surface area contributed by atoms with Crippen molar-refractivity contribution in [1.82, 2.24) is 20.9 Å². The van der Waals surface area contributed by atoms with Crippen LogP contribution in [0.4, 0.5) is 17.6 Å². The third-order valence-electron chi connectivity index (χ3n) is 7.80. The van der Waals surface area contributed by atoms with E-state index in [-0.39, 0.29) is 30.7 Å². The third-order valence-corrected chi connectivity index (χ3v) is 8.65. The minimum atomic E-state index is -5.22. The zero-order valence-electron chi connectivity index (χ0n) is 22.8. The summed E-state index contributed by atoms with van der Waals surface area (Å²) < 4.78 is 77.1. The number of sulfone groups is 1. The van der Waals surface area contributed by atoms with Crippen molar-refractivity contribution in [1.29, 1.82) is 0 Å². The predicted octanol–water partition coefficient (Wildman–Crippen LogP) is 1.57. The lowest BCUT2D eigenvalue weighted by Crippen LogP contribution is -2.60. The van der Waals surface area contributed by atoms with Crippen molar-refractivity contribution < 1.29 is 45.2 Å². The first-order valence-electron chi connectivity index (χ1n) is 13.1. The Kier molecular flexibility index (Phi) is 9.26. The highest BCUT2D eigenvalue weighted by molar-refractivity contribution is 7.94. The Hall–Kier alpha value is -2.71. The first kappa shape index (κ1) is 31.8. The second-order valence-corrected chi connectivity index (χ2v) is 13.9. The molecule has 2 heterocycles. The summed E-state index contributed by atoms with van der Waals surface area (Å²) in [5.74, 6) is -5.25. The molecule has 2 saturated heterocycles. The van der Waals surface area contributed by atoms with E-state index in [1.807, 2.05) is 0 Å². The number of carbonyl (C=O) groups excluding carboxylic acids is 4. The van der Waals surface area contributed by atoms with Gasteiger partial charge in [0, 0.05) is 25.3 Å². The summed E-state index contributed by atoms with van der Waals surface area (Å²) >= 11 is 0. The number of amides is 4. The highest BCUT2D eigenvalue weighted by Crippen LogP contribution is 2.43. The van der Waals surface area contributed by atoms with Gasteiger partial charge in [0.1, 0.15) is 12.1 Å². The first-order valence-corrected chi connectivity index (χ1v) is 15.0. The highest BCUT2D eigenvalue weighted by atomic mass is 32.2. The topological polar surface area (TPSA) is 142 Å². The Morgan fingerprint density at radius 1 is 1.12 bits per heavy atom. The van der Waals surface area contributed by atoms with Gasteiger partial charge in [-0.3, -0.25) is 19.2 Å². The van der Waals surface area contributed by atoms with Gasteiger partial charge in [0.25, 0.3) is 0 Å². The summed E-state index contributed by atoms with van der Waals surface area (Å²) in [4.78, 5) is 52.4. The van der Waals surface area contributed by atoms with Gasteiger partial charge in [0.05, 0.1) is 6.04 Å². The monoisotopic (exact) mass is 596 g/mol. The standard InChI is InChI=1S/C25H36F4N4O6S/c1-24(2,3)19(32-23(37)25(27,28)29)22(36)33-12-14-6-5-7-16(14)18(33)21(35)31-15(11-17(26)40(4,38)39)10-13-8-9-30-20(13)34/h11,13-16,18-19H,5-10,12H2,1-4H3,(H,30,34)(H,31,35)(H,32,37)/b17-11+/t13-,14+,15+,16+,18+,19+/m1/s1. The van der Waals surface area contributed by atoms with Gasteiger partial charge >= 0.3 is 12.1 Å². The van der Waals surface area contributed by atoms with Crippen molar-refractivity contribution >= 4 is 33.5 Å². The Labute approximate surface area is 230 Å². The van der Waals surface area contributed by atoms with Crippen LogP contribution >= 0.6 is 0 Å². The molecule has 0 unspecified atom stereocenters. The van der Waals surface area contributed by atoms with Gasteiger partial charge in [-0.25, -0.2) is 8.42 Å². The predicted molar refractivity (Wildman–Crippen MR) is 135 cm³/mol. The molecule has 0 spiro atoms. The van der Waals surface area contributed by atoms with Gasteiger partial charge < -0.3 is 20.9 Å². The fourth-order valence-electron chi connectivity index (χ4n) is 5.79. The van der Waals surface area contributed by atoms with Crippen LogP contribution in [0.25, 0.3) is 0 Å². The van der Waals surface area contributed by atoms with Crippen LogP contribution in [0.3, 0.4) is 0 Å². The number of hydrogen-bond donors (Lipinski definition) is 3. The Bertz CT molecular complexity index is 1170. The van der Waals surface area contributed by atoms with Crippen LogP contribution in [-0.4, -0.2) is 80.6 Å². The molecule has 3 rings (SSSR count). The molecule has 1 aliphatic carbocycles. The van der Waals surface area contributed by atoms with Crippen molar-refractivity contribution in [2.75, 3.05) is 19.3 Å². The number of hydrogen-bond acceptors (Lipinski definition) is 6. The molecule has 40 heavy (non-hydrogen) atoms. The molecule has 0 aromatic carbocycles. The van der Waals surface area contributed by atoms with Crippen LogP contribution in [0.1, 0.15) is 52.9 Å². The number of rotatable bonds is 8. The van der Waals surface area contributed by atoms with Gasteiger partial charge in [0.2, 0.25) is 32.7 Å². The third kappa shape index (κ3) is 7.32. The molecule has 3 aliphatic rings. The van der Waals surface area contributed by atoms with E-state index in [0.29, 0.717) is 38.1 Å². The van der Waals surface area contributed by atoms with Gasteiger partial charge in [-0.15, -0.1) is 0 Å². The summed E-state index contributed by atoms with van der Waals surface area (Å²) in [6, 6.07) is -3.95. The van der Waals surface area contributed by atoms with Crippen LogP contribution in [0.2, 0.25) is 0 Å². The van der Waals surface area contributed by atoms with E-state index < -0.39 is 68.4 Å². The molecule has 1 saturated carbocycles. The van der Waals surface area contributed by atoms with Crippen molar-refractivity contribution in [3.8, 4) is 0 Å². The minimum Gasteiger partial charge on any atom is -0.356 e.